The van der Waals surface area contributed by atoms with E-state index in [0.717, 1.165) is 0 Å². The molecule has 0 bridgehead atoms. The quantitative estimate of drug-likeness (QED) is 0.694. The molecule has 1 atom stereocenters. The summed E-state index contributed by atoms with van der Waals surface area (Å²) in [5.41, 5.74) is 0. The average molecular weight is 269 g/mol. The molecule has 0 unspecified atom stereocenters. The third kappa shape index (κ3) is 8.43. The largest absolute Gasteiger partial charge is 0.480 e. The summed E-state index contributed by atoms with van der Waals surface area (Å²) in [5, 5.41) is 10.7. The smallest absolute Gasteiger partial charge is 0.408 e. The molecule has 2 N–H and O–H groups in total. The molecule has 0 rings (SSSR count). The van der Waals surface area contributed by atoms with Crippen LogP contribution in [0.1, 0.15) is 19.3 Å². The zero-order valence-electron chi connectivity index (χ0n) is 9.50. The van der Waals surface area contributed by atoms with Crippen molar-refractivity contribution >= 4 is 12.1 Å². The lowest BCUT2D eigenvalue weighted by atomic mass is 10.1. The second-order valence-electron chi connectivity index (χ2n) is 3.43. The van der Waals surface area contributed by atoms with Crippen molar-refractivity contribution in [2.45, 2.75) is 31.5 Å². The maximum Gasteiger partial charge on any atom is 0.408 e. The molecule has 1 amide bonds. The summed E-state index contributed by atoms with van der Waals surface area (Å²) in [4.78, 5) is 21.7. The number of carboxylic acids is 1. The molecule has 0 aromatic rings. The summed E-state index contributed by atoms with van der Waals surface area (Å²) in [5.74, 6) is -1.41. The predicted octanol–water partition coefficient (Wildman–Crippen LogP) is 2.08. The highest BCUT2D eigenvalue weighted by Crippen LogP contribution is 2.22. The van der Waals surface area contributed by atoms with E-state index in [1.165, 1.54) is 6.08 Å². The number of halogens is 3. The van der Waals surface area contributed by atoms with Crippen molar-refractivity contribution in [3.8, 4) is 0 Å². The van der Waals surface area contributed by atoms with E-state index in [2.05, 4.69) is 11.3 Å². The zero-order chi connectivity index (χ0) is 14.2. The molecule has 0 saturated heterocycles. The number of alkyl halides is 3. The molecule has 0 heterocycles. The summed E-state index contributed by atoms with van der Waals surface area (Å²) in [6.07, 6.45) is -5.87. The summed E-state index contributed by atoms with van der Waals surface area (Å²) in [7, 11) is 0. The molecule has 0 fully saturated rings. The Bertz CT molecular complexity index is 304. The first-order valence-corrected chi connectivity index (χ1v) is 5.10. The third-order valence-corrected chi connectivity index (χ3v) is 1.88. The van der Waals surface area contributed by atoms with Gasteiger partial charge < -0.3 is 15.2 Å². The van der Waals surface area contributed by atoms with E-state index in [-0.39, 0.29) is 19.4 Å². The second kappa shape index (κ2) is 7.57. The lowest BCUT2D eigenvalue weighted by Gasteiger charge is -2.14. The SMILES string of the molecule is C=CCOC(=O)N[C@H](CCCC(F)(F)F)C(=O)O. The van der Waals surface area contributed by atoms with Crippen molar-refractivity contribution in [2.24, 2.45) is 0 Å². The highest BCUT2D eigenvalue weighted by Gasteiger charge is 2.28. The van der Waals surface area contributed by atoms with E-state index in [1.54, 1.807) is 0 Å². The molecule has 0 aromatic heterocycles. The monoisotopic (exact) mass is 269 g/mol. The van der Waals surface area contributed by atoms with Crippen LogP contribution in [0.2, 0.25) is 0 Å². The number of rotatable bonds is 7. The first kappa shape index (κ1) is 16.3. The number of alkyl carbamates (subject to hydrolysis) is 1. The topological polar surface area (TPSA) is 75.6 Å². The molecule has 0 aliphatic rings. The molecular formula is C10H14F3NO4. The van der Waals surface area contributed by atoms with Crippen molar-refractivity contribution in [1.29, 1.82) is 0 Å². The zero-order valence-corrected chi connectivity index (χ0v) is 9.50. The van der Waals surface area contributed by atoms with Crippen LogP contribution in [0.4, 0.5) is 18.0 Å². The van der Waals surface area contributed by atoms with Crippen LogP contribution in [0.15, 0.2) is 12.7 Å². The number of carbonyl (C=O) groups is 2. The third-order valence-electron chi connectivity index (χ3n) is 1.88. The molecule has 0 saturated carbocycles. The van der Waals surface area contributed by atoms with Crippen LogP contribution in [0.5, 0.6) is 0 Å². The summed E-state index contributed by atoms with van der Waals surface area (Å²) in [6, 6.07) is -1.40. The molecule has 104 valence electrons. The van der Waals surface area contributed by atoms with E-state index in [4.69, 9.17) is 5.11 Å². The van der Waals surface area contributed by atoms with Crippen LogP contribution in [0.25, 0.3) is 0 Å². The van der Waals surface area contributed by atoms with Gasteiger partial charge in [-0.15, -0.1) is 0 Å². The summed E-state index contributed by atoms with van der Waals surface area (Å²) >= 11 is 0. The molecule has 18 heavy (non-hydrogen) atoms. The number of carbonyl (C=O) groups excluding carboxylic acids is 1. The number of amides is 1. The van der Waals surface area contributed by atoms with Crippen LogP contribution in [0, 0.1) is 0 Å². The molecule has 0 radical (unpaired) electrons. The summed E-state index contributed by atoms with van der Waals surface area (Å²) < 4.78 is 40.1. The van der Waals surface area contributed by atoms with E-state index in [9.17, 15) is 22.8 Å². The van der Waals surface area contributed by atoms with Crippen molar-refractivity contribution in [1.82, 2.24) is 5.32 Å². The Labute approximate surface area is 102 Å². The minimum Gasteiger partial charge on any atom is -0.480 e. The Hall–Kier alpha value is -1.73. The Morgan fingerprint density at radius 2 is 2.06 bits per heavy atom. The van der Waals surface area contributed by atoms with Crippen LogP contribution in [0.3, 0.4) is 0 Å². The highest BCUT2D eigenvalue weighted by molar-refractivity contribution is 5.79. The van der Waals surface area contributed by atoms with Gasteiger partial charge in [-0.25, -0.2) is 9.59 Å². The van der Waals surface area contributed by atoms with E-state index >= 15 is 0 Å². The molecule has 0 aromatic carbocycles. The van der Waals surface area contributed by atoms with Gasteiger partial charge >= 0.3 is 18.2 Å². The van der Waals surface area contributed by atoms with Gasteiger partial charge in [0.1, 0.15) is 12.6 Å². The standard InChI is InChI=1S/C10H14F3NO4/c1-2-6-18-9(17)14-7(8(15)16)4-3-5-10(11,12)13/h2,7H,1,3-6H2,(H,14,17)(H,15,16)/t7-/m1/s1. The van der Waals surface area contributed by atoms with Gasteiger partial charge in [0.05, 0.1) is 0 Å². The lowest BCUT2D eigenvalue weighted by Crippen LogP contribution is -2.41. The minimum absolute atomic E-state index is 0.110. The lowest BCUT2D eigenvalue weighted by molar-refractivity contribution is -0.143. The molecule has 8 heteroatoms. The number of aliphatic carboxylic acids is 1. The van der Waals surface area contributed by atoms with Gasteiger partial charge in [0.2, 0.25) is 0 Å². The molecule has 5 nitrogen and oxygen atoms in total. The maximum atomic E-state index is 11.9. The molecular weight excluding hydrogens is 255 g/mol. The molecule has 0 spiro atoms. The fourth-order valence-corrected chi connectivity index (χ4v) is 1.08. The van der Waals surface area contributed by atoms with Crippen LogP contribution in [-0.2, 0) is 9.53 Å². The second-order valence-corrected chi connectivity index (χ2v) is 3.43. The van der Waals surface area contributed by atoms with Crippen LogP contribution in [-0.4, -0.2) is 36.0 Å². The van der Waals surface area contributed by atoms with Crippen LogP contribution < -0.4 is 5.32 Å². The minimum atomic E-state index is -4.34. The number of nitrogens with one attached hydrogen (secondary N) is 1. The number of hydrogen-bond acceptors (Lipinski definition) is 3. The van der Waals surface area contributed by atoms with Crippen molar-refractivity contribution in [3.05, 3.63) is 12.7 Å². The molecule has 0 aliphatic heterocycles. The Balaban J connectivity index is 4.11. The van der Waals surface area contributed by atoms with Gasteiger partial charge in [0.15, 0.2) is 0 Å². The van der Waals surface area contributed by atoms with Crippen LogP contribution >= 0.6 is 0 Å². The fraction of sp³-hybridized carbons (Fsp3) is 0.600. The van der Waals surface area contributed by atoms with Gasteiger partial charge in [-0.2, -0.15) is 13.2 Å². The van der Waals surface area contributed by atoms with Gasteiger partial charge in [-0.1, -0.05) is 12.7 Å². The van der Waals surface area contributed by atoms with Crippen molar-refractivity contribution in [2.75, 3.05) is 6.61 Å². The number of carboxylic acid groups (broad SMARTS) is 1. The van der Waals surface area contributed by atoms with E-state index in [0.29, 0.717) is 0 Å². The normalized spacial score (nSPS) is 12.6. The molecule has 0 aliphatic carbocycles. The Morgan fingerprint density at radius 3 is 2.50 bits per heavy atom. The van der Waals surface area contributed by atoms with Gasteiger partial charge in [-0.05, 0) is 12.8 Å². The highest BCUT2D eigenvalue weighted by atomic mass is 19.4. The van der Waals surface area contributed by atoms with Gasteiger partial charge in [0.25, 0.3) is 0 Å². The fourth-order valence-electron chi connectivity index (χ4n) is 1.08. The van der Waals surface area contributed by atoms with E-state index in [1.807, 2.05) is 5.32 Å². The van der Waals surface area contributed by atoms with Crippen molar-refractivity contribution < 1.29 is 32.6 Å². The maximum absolute atomic E-state index is 11.9. The van der Waals surface area contributed by atoms with Crippen molar-refractivity contribution in [3.63, 3.8) is 0 Å². The Kier molecular flexibility index (Phi) is 6.84. The Morgan fingerprint density at radius 1 is 1.44 bits per heavy atom. The number of ether oxygens (including phenoxy) is 1. The van der Waals surface area contributed by atoms with Gasteiger partial charge in [-0.3, -0.25) is 0 Å². The predicted molar refractivity (Wildman–Crippen MR) is 56.0 cm³/mol. The first-order valence-electron chi connectivity index (χ1n) is 5.10. The summed E-state index contributed by atoms with van der Waals surface area (Å²) in [6.45, 7) is 3.17. The number of hydrogen-bond donors (Lipinski definition) is 2. The first-order chi connectivity index (χ1) is 8.26. The van der Waals surface area contributed by atoms with Gasteiger partial charge in [0, 0.05) is 6.42 Å². The average Bonchev–Trinajstić information content (AvgIpc) is 2.23. The van der Waals surface area contributed by atoms with E-state index < -0.39 is 30.7 Å².